The second-order valence-electron chi connectivity index (χ2n) is 6.81. The Bertz CT molecular complexity index is 606. The van der Waals surface area contributed by atoms with Gasteiger partial charge in [-0.05, 0) is 45.4 Å². The molecule has 0 radical (unpaired) electrons. The molecule has 2 atom stereocenters. The van der Waals surface area contributed by atoms with Crippen LogP contribution in [0.15, 0.2) is 24.3 Å². The number of hydrogen-bond acceptors (Lipinski definition) is 3. The summed E-state index contributed by atoms with van der Waals surface area (Å²) in [4.78, 5) is 25.6. The summed E-state index contributed by atoms with van der Waals surface area (Å²) in [5.41, 5.74) is 0.982. The molecule has 0 spiro atoms. The second kappa shape index (κ2) is 7.73. The number of rotatable bonds is 5. The number of carbonyl (C=O) groups excluding carboxylic acids is 2. The van der Waals surface area contributed by atoms with Gasteiger partial charge in [-0.15, -0.1) is 0 Å². The van der Waals surface area contributed by atoms with E-state index in [0.717, 1.165) is 5.56 Å². The molecule has 0 saturated carbocycles. The van der Waals surface area contributed by atoms with Crippen molar-refractivity contribution in [2.24, 2.45) is 0 Å². The SMILES string of the molecule is CC(C(=O)NC(C)(C)C)S(=O)Cc1cccc(C(=O)N(C)C)c1. The standard InChI is InChI=1S/C17H26N2O3S/c1-12(15(20)18-17(2,3)4)23(22)11-13-8-7-9-14(10-13)16(21)19(5)6/h7-10,12H,11H2,1-6H3,(H,18,20). The lowest BCUT2D eigenvalue weighted by molar-refractivity contribution is -0.121. The van der Waals surface area contributed by atoms with Gasteiger partial charge in [-0.25, -0.2) is 0 Å². The predicted octanol–water partition coefficient (Wildman–Crippen LogP) is 1.94. The molecule has 0 aliphatic carbocycles. The molecule has 2 amide bonds. The molecule has 23 heavy (non-hydrogen) atoms. The largest absolute Gasteiger partial charge is 0.350 e. The monoisotopic (exact) mass is 338 g/mol. The highest BCUT2D eigenvalue weighted by molar-refractivity contribution is 7.85. The average Bonchev–Trinajstić information content (AvgIpc) is 2.43. The van der Waals surface area contributed by atoms with Gasteiger partial charge in [-0.3, -0.25) is 13.8 Å². The molecule has 0 aliphatic rings. The summed E-state index contributed by atoms with van der Waals surface area (Å²) < 4.78 is 12.4. The summed E-state index contributed by atoms with van der Waals surface area (Å²) in [5, 5.41) is 2.23. The topological polar surface area (TPSA) is 66.5 Å². The normalized spacial score (nSPS) is 14.0. The quantitative estimate of drug-likeness (QED) is 0.892. The third kappa shape index (κ3) is 6.14. The number of amides is 2. The highest BCUT2D eigenvalue weighted by Gasteiger charge is 2.24. The summed E-state index contributed by atoms with van der Waals surface area (Å²) >= 11 is 0. The Labute approximate surface area is 140 Å². The Hall–Kier alpha value is -1.69. The molecular formula is C17H26N2O3S. The maximum atomic E-state index is 12.4. The highest BCUT2D eigenvalue weighted by atomic mass is 32.2. The van der Waals surface area contributed by atoms with Crippen LogP contribution < -0.4 is 5.32 Å². The van der Waals surface area contributed by atoms with Crippen LogP contribution in [0.5, 0.6) is 0 Å². The van der Waals surface area contributed by atoms with E-state index in [0.29, 0.717) is 5.56 Å². The first-order valence-corrected chi connectivity index (χ1v) is 8.89. The molecule has 0 heterocycles. The molecule has 0 bridgehead atoms. The van der Waals surface area contributed by atoms with Crippen LogP contribution in [0.1, 0.15) is 43.6 Å². The molecule has 1 aromatic rings. The maximum absolute atomic E-state index is 12.4. The smallest absolute Gasteiger partial charge is 0.253 e. The first kappa shape index (κ1) is 19.4. The minimum atomic E-state index is -1.35. The van der Waals surface area contributed by atoms with Crippen molar-refractivity contribution in [1.82, 2.24) is 10.2 Å². The van der Waals surface area contributed by atoms with Gasteiger partial charge in [0.1, 0.15) is 5.25 Å². The van der Waals surface area contributed by atoms with Crippen molar-refractivity contribution in [3.63, 3.8) is 0 Å². The van der Waals surface area contributed by atoms with Crippen molar-refractivity contribution < 1.29 is 13.8 Å². The van der Waals surface area contributed by atoms with Crippen LogP contribution in [0.4, 0.5) is 0 Å². The van der Waals surface area contributed by atoms with E-state index < -0.39 is 16.0 Å². The molecule has 1 rings (SSSR count). The van der Waals surface area contributed by atoms with Crippen molar-refractivity contribution in [1.29, 1.82) is 0 Å². The third-order valence-electron chi connectivity index (χ3n) is 3.15. The van der Waals surface area contributed by atoms with Crippen LogP contribution in [-0.2, 0) is 21.3 Å². The number of benzene rings is 1. The van der Waals surface area contributed by atoms with Gasteiger partial charge >= 0.3 is 0 Å². The van der Waals surface area contributed by atoms with E-state index in [9.17, 15) is 13.8 Å². The Morgan fingerprint density at radius 1 is 1.26 bits per heavy atom. The minimum absolute atomic E-state index is 0.101. The van der Waals surface area contributed by atoms with E-state index >= 15 is 0 Å². The first-order valence-electron chi connectivity index (χ1n) is 7.51. The molecule has 2 unspecified atom stereocenters. The van der Waals surface area contributed by atoms with Gasteiger partial charge in [0.15, 0.2) is 0 Å². The van der Waals surface area contributed by atoms with Crippen molar-refractivity contribution in [2.75, 3.05) is 14.1 Å². The maximum Gasteiger partial charge on any atom is 0.253 e. The molecule has 0 aliphatic heterocycles. The number of nitrogens with zero attached hydrogens (tertiary/aromatic N) is 1. The lowest BCUT2D eigenvalue weighted by atomic mass is 10.1. The van der Waals surface area contributed by atoms with Crippen LogP contribution in [-0.4, -0.2) is 45.8 Å². The fraction of sp³-hybridized carbons (Fsp3) is 0.529. The van der Waals surface area contributed by atoms with Gasteiger partial charge in [-0.2, -0.15) is 0 Å². The Morgan fingerprint density at radius 2 is 1.87 bits per heavy atom. The zero-order valence-electron chi connectivity index (χ0n) is 14.7. The first-order chi connectivity index (χ1) is 10.5. The van der Waals surface area contributed by atoms with Crippen molar-refractivity contribution in [2.45, 2.75) is 44.2 Å². The molecule has 0 aromatic heterocycles. The van der Waals surface area contributed by atoms with Gasteiger partial charge in [0.05, 0.1) is 0 Å². The Kier molecular flexibility index (Phi) is 6.50. The van der Waals surface area contributed by atoms with Gasteiger partial charge in [0.25, 0.3) is 5.91 Å². The molecule has 1 N–H and O–H groups in total. The van der Waals surface area contributed by atoms with Gasteiger partial charge in [-0.1, -0.05) is 12.1 Å². The number of hydrogen-bond donors (Lipinski definition) is 1. The summed E-state index contributed by atoms with van der Waals surface area (Å²) in [7, 11) is 2.02. The van der Waals surface area contributed by atoms with Crippen LogP contribution in [0.3, 0.4) is 0 Å². The summed E-state index contributed by atoms with van der Waals surface area (Å²) in [5.74, 6) is -0.0830. The lowest BCUT2D eigenvalue weighted by Gasteiger charge is -2.23. The number of nitrogens with one attached hydrogen (secondary N) is 1. The summed E-state index contributed by atoms with van der Waals surface area (Å²) in [6.45, 7) is 7.32. The van der Waals surface area contributed by atoms with Gasteiger partial charge in [0, 0.05) is 41.8 Å². The molecule has 0 fully saturated rings. The Morgan fingerprint density at radius 3 is 2.39 bits per heavy atom. The summed E-state index contributed by atoms with van der Waals surface area (Å²) in [6, 6.07) is 7.04. The van der Waals surface area contributed by atoms with Crippen LogP contribution in [0, 0.1) is 0 Å². The molecule has 128 valence electrons. The van der Waals surface area contributed by atoms with Gasteiger partial charge < -0.3 is 10.2 Å². The van der Waals surface area contributed by atoms with E-state index in [1.54, 1.807) is 39.2 Å². The van der Waals surface area contributed by atoms with Crippen LogP contribution in [0.25, 0.3) is 0 Å². The van der Waals surface area contributed by atoms with Gasteiger partial charge in [0.2, 0.25) is 5.91 Å². The predicted molar refractivity (Wildman–Crippen MR) is 93.7 cm³/mol. The highest BCUT2D eigenvalue weighted by Crippen LogP contribution is 2.12. The van der Waals surface area contributed by atoms with Crippen molar-refractivity contribution in [3.8, 4) is 0 Å². The van der Waals surface area contributed by atoms with E-state index in [1.165, 1.54) is 4.90 Å². The van der Waals surface area contributed by atoms with Crippen LogP contribution >= 0.6 is 0 Å². The number of carbonyl (C=O) groups is 2. The minimum Gasteiger partial charge on any atom is -0.350 e. The fourth-order valence-corrected chi connectivity index (χ4v) is 2.99. The molecular weight excluding hydrogens is 312 g/mol. The molecule has 6 heteroatoms. The van der Waals surface area contributed by atoms with E-state index in [2.05, 4.69) is 5.32 Å². The second-order valence-corrected chi connectivity index (χ2v) is 8.56. The zero-order chi connectivity index (χ0) is 17.8. The zero-order valence-corrected chi connectivity index (χ0v) is 15.5. The van der Waals surface area contributed by atoms with Crippen LogP contribution in [0.2, 0.25) is 0 Å². The van der Waals surface area contributed by atoms with Crippen molar-refractivity contribution >= 4 is 22.6 Å². The van der Waals surface area contributed by atoms with E-state index in [1.807, 2.05) is 26.8 Å². The molecule has 5 nitrogen and oxygen atoms in total. The molecule has 0 saturated heterocycles. The summed E-state index contributed by atoms with van der Waals surface area (Å²) in [6.07, 6.45) is 0. The van der Waals surface area contributed by atoms with E-state index in [-0.39, 0.29) is 23.1 Å². The lowest BCUT2D eigenvalue weighted by Crippen LogP contribution is -2.46. The third-order valence-corrected chi connectivity index (χ3v) is 4.77. The Balaban J connectivity index is 2.79. The fourth-order valence-electron chi connectivity index (χ4n) is 1.93. The van der Waals surface area contributed by atoms with E-state index in [4.69, 9.17) is 0 Å². The van der Waals surface area contributed by atoms with Crippen molar-refractivity contribution in [3.05, 3.63) is 35.4 Å². The average molecular weight is 338 g/mol. The molecule has 1 aromatic carbocycles.